The number of nitrogens with zero attached hydrogens (tertiary/aromatic N) is 3. The molecule has 0 aliphatic carbocycles. The summed E-state index contributed by atoms with van der Waals surface area (Å²) in [7, 11) is -1.95. The van der Waals surface area contributed by atoms with Gasteiger partial charge in [-0.25, -0.2) is 8.42 Å². The summed E-state index contributed by atoms with van der Waals surface area (Å²) in [6.45, 7) is 0.700. The number of benzene rings is 2. The van der Waals surface area contributed by atoms with Crippen molar-refractivity contribution in [2.45, 2.75) is 11.3 Å². The highest BCUT2D eigenvalue weighted by atomic mass is 32.2. The molecule has 2 aromatic carbocycles. The molecule has 0 N–H and O–H groups in total. The molecule has 0 aliphatic rings. The molecular formula is C25H25N3O4S. The van der Waals surface area contributed by atoms with Gasteiger partial charge in [0.15, 0.2) is 0 Å². The molecule has 0 saturated carbocycles. The number of hydrogen-bond donors (Lipinski definition) is 0. The molecule has 4 aromatic rings. The predicted octanol–water partition coefficient (Wildman–Crippen LogP) is 3.25. The molecule has 0 saturated heterocycles. The summed E-state index contributed by atoms with van der Waals surface area (Å²) in [5.74, 6) is 0.616. The Morgan fingerprint density at radius 3 is 2.55 bits per heavy atom. The van der Waals surface area contributed by atoms with E-state index in [4.69, 9.17) is 4.74 Å². The molecule has 0 unspecified atom stereocenters. The molecule has 2 aromatic heterocycles. The summed E-state index contributed by atoms with van der Waals surface area (Å²) in [6.07, 6.45) is 3.98. The van der Waals surface area contributed by atoms with Crippen LogP contribution in [0, 0.1) is 0 Å². The van der Waals surface area contributed by atoms with Gasteiger partial charge in [0.2, 0.25) is 10.0 Å². The number of ether oxygens (including phenoxy) is 1. The molecular weight excluding hydrogens is 438 g/mol. The van der Waals surface area contributed by atoms with E-state index in [1.165, 1.54) is 10.4 Å². The van der Waals surface area contributed by atoms with Gasteiger partial charge in [-0.2, -0.15) is 4.31 Å². The summed E-state index contributed by atoms with van der Waals surface area (Å²) >= 11 is 0. The second kappa shape index (κ2) is 9.97. The zero-order chi connectivity index (χ0) is 23.3. The third-order valence-corrected chi connectivity index (χ3v) is 7.37. The van der Waals surface area contributed by atoms with Crippen LogP contribution in [-0.2, 0) is 23.5 Å². The fourth-order valence-corrected chi connectivity index (χ4v) is 5.06. The molecule has 0 spiro atoms. The first-order chi connectivity index (χ1) is 15.9. The number of sulfonamides is 1. The monoisotopic (exact) mass is 463 g/mol. The maximum Gasteiger partial charge on any atom is 0.250 e. The Morgan fingerprint density at radius 1 is 0.970 bits per heavy atom. The van der Waals surface area contributed by atoms with Gasteiger partial charge in [0.1, 0.15) is 12.4 Å². The van der Waals surface area contributed by atoms with Crippen molar-refractivity contribution in [3.63, 3.8) is 0 Å². The van der Waals surface area contributed by atoms with Crippen LogP contribution in [-0.4, -0.2) is 42.0 Å². The second-order valence-corrected chi connectivity index (χ2v) is 9.57. The molecule has 4 rings (SSSR count). The Balaban J connectivity index is 1.49. The quantitative estimate of drug-likeness (QED) is 0.381. The average molecular weight is 464 g/mol. The van der Waals surface area contributed by atoms with Crippen LogP contribution in [0.3, 0.4) is 0 Å². The highest BCUT2D eigenvalue weighted by Gasteiger charge is 2.24. The zero-order valence-corrected chi connectivity index (χ0v) is 19.1. The fraction of sp³-hybridized carbons (Fsp3) is 0.200. The number of hydrogen-bond acceptors (Lipinski definition) is 5. The number of aryl methyl sites for hydroxylation is 1. The number of rotatable bonds is 9. The van der Waals surface area contributed by atoms with Gasteiger partial charge in [-0.05, 0) is 54.4 Å². The molecule has 170 valence electrons. The van der Waals surface area contributed by atoms with E-state index in [9.17, 15) is 13.2 Å². The van der Waals surface area contributed by atoms with Crippen LogP contribution in [0.15, 0.2) is 94.9 Å². The van der Waals surface area contributed by atoms with Crippen LogP contribution in [0.1, 0.15) is 5.56 Å². The van der Waals surface area contributed by atoms with Gasteiger partial charge in [-0.3, -0.25) is 9.78 Å². The summed E-state index contributed by atoms with van der Waals surface area (Å²) in [5.41, 5.74) is 1.69. The minimum Gasteiger partial charge on any atom is -0.492 e. The Labute approximate surface area is 192 Å². The van der Waals surface area contributed by atoms with Crippen molar-refractivity contribution >= 4 is 20.9 Å². The maximum atomic E-state index is 13.3. The van der Waals surface area contributed by atoms with Crippen molar-refractivity contribution in [1.82, 2.24) is 13.9 Å². The molecule has 0 amide bonds. The Hall–Kier alpha value is -3.49. The number of aromatic nitrogens is 2. The number of pyridine rings is 2. The van der Waals surface area contributed by atoms with E-state index in [1.54, 1.807) is 66.5 Å². The minimum absolute atomic E-state index is 0.0773. The van der Waals surface area contributed by atoms with Gasteiger partial charge in [0, 0.05) is 44.0 Å². The van der Waals surface area contributed by atoms with E-state index >= 15 is 0 Å². The van der Waals surface area contributed by atoms with E-state index in [0.29, 0.717) is 18.7 Å². The van der Waals surface area contributed by atoms with E-state index in [0.717, 1.165) is 16.5 Å². The zero-order valence-electron chi connectivity index (χ0n) is 18.3. The van der Waals surface area contributed by atoms with E-state index in [2.05, 4.69) is 4.98 Å². The fourth-order valence-electron chi connectivity index (χ4n) is 3.61. The van der Waals surface area contributed by atoms with Gasteiger partial charge < -0.3 is 9.30 Å². The molecule has 0 aliphatic heterocycles. The van der Waals surface area contributed by atoms with Gasteiger partial charge in [-0.1, -0.05) is 24.3 Å². The Kier molecular flexibility index (Phi) is 6.86. The summed E-state index contributed by atoms with van der Waals surface area (Å²) < 4.78 is 35.4. The molecule has 0 fully saturated rings. The first kappa shape index (κ1) is 22.7. The van der Waals surface area contributed by atoms with Crippen molar-refractivity contribution in [3.8, 4) is 5.75 Å². The predicted molar refractivity (Wildman–Crippen MR) is 128 cm³/mol. The van der Waals surface area contributed by atoms with Crippen LogP contribution in [0.25, 0.3) is 10.9 Å². The molecule has 2 heterocycles. The van der Waals surface area contributed by atoms with Crippen LogP contribution >= 0.6 is 0 Å². The van der Waals surface area contributed by atoms with Crippen molar-refractivity contribution in [2.24, 2.45) is 7.05 Å². The lowest BCUT2D eigenvalue weighted by molar-refractivity contribution is 0.273. The van der Waals surface area contributed by atoms with Crippen molar-refractivity contribution in [3.05, 3.63) is 101 Å². The molecule has 0 atom stereocenters. The van der Waals surface area contributed by atoms with E-state index in [-0.39, 0.29) is 23.6 Å². The number of fused-ring (bicyclic) bond motifs is 1. The van der Waals surface area contributed by atoms with Gasteiger partial charge in [-0.15, -0.1) is 0 Å². The second-order valence-electron chi connectivity index (χ2n) is 7.63. The first-order valence-electron chi connectivity index (χ1n) is 10.6. The molecule has 0 radical (unpaired) electrons. The van der Waals surface area contributed by atoms with Crippen molar-refractivity contribution < 1.29 is 13.2 Å². The summed E-state index contributed by atoms with van der Waals surface area (Å²) in [5, 5.41) is 0.875. The smallest absolute Gasteiger partial charge is 0.250 e. The van der Waals surface area contributed by atoms with Crippen molar-refractivity contribution in [1.29, 1.82) is 0 Å². The first-order valence-corrected chi connectivity index (χ1v) is 12.1. The van der Waals surface area contributed by atoms with E-state index in [1.807, 2.05) is 24.3 Å². The van der Waals surface area contributed by atoms with Crippen LogP contribution in [0.4, 0.5) is 0 Å². The SMILES string of the molecule is Cn1c(=O)ccc2cc(OCCN(CCc3cccnc3)S(=O)(=O)c3ccccc3)ccc21. The minimum atomic E-state index is -3.68. The average Bonchev–Trinajstić information content (AvgIpc) is 2.84. The third-order valence-electron chi connectivity index (χ3n) is 5.46. The summed E-state index contributed by atoms with van der Waals surface area (Å²) in [4.78, 5) is 16.2. The third kappa shape index (κ3) is 5.30. The lowest BCUT2D eigenvalue weighted by Gasteiger charge is -2.22. The topological polar surface area (TPSA) is 81.5 Å². The van der Waals surface area contributed by atoms with Crippen LogP contribution < -0.4 is 10.3 Å². The van der Waals surface area contributed by atoms with Gasteiger partial charge in [0.05, 0.1) is 10.4 Å². The van der Waals surface area contributed by atoms with Gasteiger partial charge in [0.25, 0.3) is 5.56 Å². The largest absolute Gasteiger partial charge is 0.492 e. The standard InChI is InChI=1S/C25H25N3O4S/c1-27-24-11-10-22(18-21(24)9-12-25(27)29)32-17-16-28(15-13-20-6-5-14-26-19-20)33(30,31)23-7-3-2-4-8-23/h2-12,14,18-19H,13,15-17H2,1H3. The molecule has 8 heteroatoms. The van der Waals surface area contributed by atoms with Crippen LogP contribution in [0.2, 0.25) is 0 Å². The van der Waals surface area contributed by atoms with E-state index < -0.39 is 10.0 Å². The highest BCUT2D eigenvalue weighted by molar-refractivity contribution is 7.89. The van der Waals surface area contributed by atoms with Gasteiger partial charge >= 0.3 is 0 Å². The normalized spacial score (nSPS) is 11.7. The summed E-state index contributed by atoms with van der Waals surface area (Å²) in [6, 6.07) is 20.9. The van der Waals surface area contributed by atoms with Crippen molar-refractivity contribution in [2.75, 3.05) is 19.7 Å². The maximum absolute atomic E-state index is 13.3. The Morgan fingerprint density at radius 2 is 1.79 bits per heavy atom. The molecule has 0 bridgehead atoms. The molecule has 7 nitrogen and oxygen atoms in total. The highest BCUT2D eigenvalue weighted by Crippen LogP contribution is 2.20. The molecule has 33 heavy (non-hydrogen) atoms. The van der Waals surface area contributed by atoms with Crippen LogP contribution in [0.5, 0.6) is 5.75 Å². The lowest BCUT2D eigenvalue weighted by atomic mass is 10.2. The Bertz CT molecular complexity index is 1390. The lowest BCUT2D eigenvalue weighted by Crippen LogP contribution is -2.36.